The Balaban J connectivity index is 2.17. The third-order valence-electron chi connectivity index (χ3n) is 2.52. The van der Waals surface area contributed by atoms with Crippen molar-refractivity contribution in [2.24, 2.45) is 0 Å². The highest BCUT2D eigenvalue weighted by molar-refractivity contribution is 7.08. The van der Waals surface area contributed by atoms with Gasteiger partial charge in [-0.05, 0) is 24.3 Å². The molecule has 0 bridgehead atoms. The van der Waals surface area contributed by atoms with Crippen molar-refractivity contribution in [2.75, 3.05) is 0 Å². The van der Waals surface area contributed by atoms with Gasteiger partial charge in [-0.15, -0.1) is 0 Å². The molecule has 0 saturated heterocycles. The summed E-state index contributed by atoms with van der Waals surface area (Å²) < 4.78 is 0. The number of rotatable bonds is 1. The highest BCUT2D eigenvalue weighted by atomic mass is 32.1. The molecule has 1 aliphatic carbocycles. The van der Waals surface area contributed by atoms with Crippen LogP contribution in [0.4, 0.5) is 0 Å². The Morgan fingerprint density at radius 2 is 2.43 bits per heavy atom. The summed E-state index contributed by atoms with van der Waals surface area (Å²) in [4.78, 5) is 0. The molecule has 3 rings (SSSR count). The monoisotopic (exact) mass is 202 g/mol. The van der Waals surface area contributed by atoms with E-state index < -0.39 is 0 Å². The predicted octanol–water partition coefficient (Wildman–Crippen LogP) is 3.10. The van der Waals surface area contributed by atoms with Crippen LogP contribution in [0.15, 0.2) is 22.9 Å². The summed E-state index contributed by atoms with van der Waals surface area (Å²) in [7, 11) is 0. The van der Waals surface area contributed by atoms with Crippen molar-refractivity contribution in [3.8, 4) is 11.3 Å². The van der Waals surface area contributed by atoms with E-state index in [2.05, 4.69) is 39.2 Å². The van der Waals surface area contributed by atoms with Crippen LogP contribution >= 0.6 is 11.3 Å². The zero-order valence-electron chi connectivity index (χ0n) is 7.66. The van der Waals surface area contributed by atoms with E-state index in [0.29, 0.717) is 0 Å². The average Bonchev–Trinajstić information content (AvgIpc) is 2.85. The third kappa shape index (κ3) is 1.13. The van der Waals surface area contributed by atoms with Crippen LogP contribution in [0.25, 0.3) is 17.3 Å². The maximum absolute atomic E-state index is 4.37. The number of aryl methyl sites for hydroxylation is 1. The first kappa shape index (κ1) is 8.00. The molecule has 3 heteroatoms. The van der Waals surface area contributed by atoms with Crippen LogP contribution in [0, 0.1) is 0 Å². The SMILES string of the molecule is C1=Cc2c(-c3ccsc3)n[nH]c2CC1. The Morgan fingerprint density at radius 1 is 1.43 bits per heavy atom. The molecule has 2 heterocycles. The number of nitrogens with zero attached hydrogens (tertiary/aromatic N) is 1. The van der Waals surface area contributed by atoms with E-state index in [9.17, 15) is 0 Å². The number of aromatic amines is 1. The molecule has 0 fully saturated rings. The predicted molar refractivity (Wildman–Crippen MR) is 59.3 cm³/mol. The molecular weight excluding hydrogens is 192 g/mol. The van der Waals surface area contributed by atoms with Gasteiger partial charge in [-0.25, -0.2) is 0 Å². The second-order valence-corrected chi connectivity index (χ2v) is 4.20. The molecule has 0 radical (unpaired) electrons. The first-order valence-electron chi connectivity index (χ1n) is 4.71. The number of H-pyrrole nitrogens is 1. The number of fused-ring (bicyclic) bond motifs is 1. The van der Waals surface area contributed by atoms with E-state index >= 15 is 0 Å². The minimum absolute atomic E-state index is 1.09. The summed E-state index contributed by atoms with van der Waals surface area (Å²) >= 11 is 1.71. The number of nitrogens with one attached hydrogen (secondary N) is 1. The lowest BCUT2D eigenvalue weighted by Crippen LogP contribution is -1.91. The van der Waals surface area contributed by atoms with Gasteiger partial charge in [-0.1, -0.05) is 12.2 Å². The minimum Gasteiger partial charge on any atom is -0.281 e. The van der Waals surface area contributed by atoms with E-state index in [0.717, 1.165) is 18.5 Å². The fourth-order valence-electron chi connectivity index (χ4n) is 1.80. The first-order chi connectivity index (χ1) is 6.95. The third-order valence-corrected chi connectivity index (χ3v) is 3.21. The van der Waals surface area contributed by atoms with E-state index in [-0.39, 0.29) is 0 Å². The Morgan fingerprint density at radius 3 is 3.29 bits per heavy atom. The van der Waals surface area contributed by atoms with Crippen LogP contribution in [0.3, 0.4) is 0 Å². The molecule has 2 nitrogen and oxygen atoms in total. The smallest absolute Gasteiger partial charge is 0.100 e. The maximum atomic E-state index is 4.37. The molecule has 1 aliphatic rings. The fourth-order valence-corrected chi connectivity index (χ4v) is 2.45. The van der Waals surface area contributed by atoms with Crippen molar-refractivity contribution in [2.45, 2.75) is 12.8 Å². The molecule has 0 amide bonds. The highest BCUT2D eigenvalue weighted by Gasteiger charge is 2.14. The number of allylic oxidation sites excluding steroid dienone is 1. The van der Waals surface area contributed by atoms with Gasteiger partial charge < -0.3 is 0 Å². The molecule has 0 aromatic carbocycles. The Kier molecular flexibility index (Phi) is 1.77. The quantitative estimate of drug-likeness (QED) is 0.756. The van der Waals surface area contributed by atoms with Gasteiger partial charge in [0, 0.05) is 22.2 Å². The van der Waals surface area contributed by atoms with Crippen LogP contribution < -0.4 is 0 Å². The van der Waals surface area contributed by atoms with Crippen molar-refractivity contribution in [3.05, 3.63) is 34.2 Å². The van der Waals surface area contributed by atoms with Crippen molar-refractivity contribution in [3.63, 3.8) is 0 Å². The van der Waals surface area contributed by atoms with Crippen molar-refractivity contribution in [1.29, 1.82) is 0 Å². The normalized spacial score (nSPS) is 14.3. The lowest BCUT2D eigenvalue weighted by Gasteiger charge is -2.03. The van der Waals surface area contributed by atoms with Crippen LogP contribution in [-0.4, -0.2) is 10.2 Å². The highest BCUT2D eigenvalue weighted by Crippen LogP contribution is 2.29. The van der Waals surface area contributed by atoms with Gasteiger partial charge in [0.05, 0.1) is 0 Å². The molecule has 2 aromatic heterocycles. The molecule has 14 heavy (non-hydrogen) atoms. The zero-order valence-corrected chi connectivity index (χ0v) is 8.47. The van der Waals surface area contributed by atoms with E-state index in [1.807, 2.05) is 0 Å². The molecule has 0 atom stereocenters. The Bertz CT molecular complexity index is 465. The topological polar surface area (TPSA) is 28.7 Å². The van der Waals surface area contributed by atoms with Crippen LogP contribution in [0.2, 0.25) is 0 Å². The molecule has 70 valence electrons. The maximum Gasteiger partial charge on any atom is 0.100 e. The van der Waals surface area contributed by atoms with Gasteiger partial charge in [0.1, 0.15) is 5.69 Å². The largest absolute Gasteiger partial charge is 0.281 e. The fraction of sp³-hybridized carbons (Fsp3) is 0.182. The lowest BCUT2D eigenvalue weighted by molar-refractivity contribution is 0.908. The van der Waals surface area contributed by atoms with Crippen LogP contribution in [0.1, 0.15) is 17.7 Å². The summed E-state index contributed by atoms with van der Waals surface area (Å²) in [5.41, 5.74) is 4.86. The Hall–Kier alpha value is -1.35. The average molecular weight is 202 g/mol. The summed E-state index contributed by atoms with van der Waals surface area (Å²) in [6.07, 6.45) is 6.60. The van der Waals surface area contributed by atoms with Gasteiger partial charge in [-0.2, -0.15) is 16.4 Å². The molecule has 2 aromatic rings. The van der Waals surface area contributed by atoms with E-state index in [4.69, 9.17) is 0 Å². The van der Waals surface area contributed by atoms with Crippen molar-refractivity contribution in [1.82, 2.24) is 10.2 Å². The molecule has 0 aliphatic heterocycles. The van der Waals surface area contributed by atoms with Crippen LogP contribution in [-0.2, 0) is 6.42 Å². The standard InChI is InChI=1S/C11H10N2S/c1-2-4-10-9(3-1)11(13-12-10)8-5-6-14-7-8/h1,3,5-7H,2,4H2,(H,12,13). The summed E-state index contributed by atoms with van der Waals surface area (Å²) in [5, 5.41) is 11.7. The minimum atomic E-state index is 1.09. The van der Waals surface area contributed by atoms with Gasteiger partial charge >= 0.3 is 0 Å². The van der Waals surface area contributed by atoms with E-state index in [1.54, 1.807) is 11.3 Å². The summed E-state index contributed by atoms with van der Waals surface area (Å²) in [5.74, 6) is 0. The van der Waals surface area contributed by atoms with Gasteiger partial charge in [0.2, 0.25) is 0 Å². The molecule has 0 unspecified atom stereocenters. The molecule has 0 spiro atoms. The molecule has 1 N–H and O–H groups in total. The summed E-state index contributed by atoms with van der Waals surface area (Å²) in [6.45, 7) is 0. The molecular formula is C11H10N2S. The van der Waals surface area contributed by atoms with Gasteiger partial charge in [0.25, 0.3) is 0 Å². The van der Waals surface area contributed by atoms with Gasteiger partial charge in [0.15, 0.2) is 0 Å². The number of hydrogen-bond donors (Lipinski definition) is 1. The zero-order chi connectivity index (χ0) is 9.38. The second kappa shape index (κ2) is 3.10. The lowest BCUT2D eigenvalue weighted by atomic mass is 10.0. The second-order valence-electron chi connectivity index (χ2n) is 3.42. The van der Waals surface area contributed by atoms with E-state index in [1.165, 1.54) is 16.8 Å². The number of thiophene rings is 1. The van der Waals surface area contributed by atoms with Crippen molar-refractivity contribution < 1.29 is 0 Å². The molecule has 0 saturated carbocycles. The Labute approximate surface area is 86.3 Å². The van der Waals surface area contributed by atoms with Crippen molar-refractivity contribution >= 4 is 17.4 Å². The number of aromatic nitrogens is 2. The summed E-state index contributed by atoms with van der Waals surface area (Å²) in [6, 6.07) is 2.11. The first-order valence-corrected chi connectivity index (χ1v) is 5.66. The van der Waals surface area contributed by atoms with Gasteiger partial charge in [-0.3, -0.25) is 5.10 Å². The van der Waals surface area contributed by atoms with Crippen LogP contribution in [0.5, 0.6) is 0 Å². The number of hydrogen-bond acceptors (Lipinski definition) is 2.